The van der Waals surface area contributed by atoms with Gasteiger partial charge in [-0.1, -0.05) is 13.3 Å². The minimum absolute atomic E-state index is 1.16. The van der Waals surface area contributed by atoms with Crippen molar-refractivity contribution in [1.29, 1.82) is 0 Å². The van der Waals surface area contributed by atoms with E-state index >= 15 is 0 Å². The Hall–Kier alpha value is -0.0700. The molecule has 0 heterocycles. The van der Waals surface area contributed by atoms with Crippen LogP contribution in [0.25, 0.3) is 0 Å². The number of nitrogens with zero attached hydrogens (tertiary/aromatic N) is 2. The predicted octanol–water partition coefficient (Wildman–Crippen LogP) is 4.81. The molecule has 0 radical (unpaired) electrons. The van der Waals surface area contributed by atoms with Crippen molar-refractivity contribution in [3.63, 3.8) is 0 Å². The third kappa shape index (κ3) is 38.1. The summed E-state index contributed by atoms with van der Waals surface area (Å²) in [4.78, 5) is 2.26. The number of hydrogen-bond acceptors (Lipinski definition) is 1. The normalized spacial score (nSPS) is 16.4. The Morgan fingerprint density at radius 1 is 0.895 bits per heavy atom. The average molecular weight is 318 g/mol. The molecule has 0 rings (SSSR count). The van der Waals surface area contributed by atoms with Crippen molar-refractivity contribution in [3.8, 4) is 0 Å². The first-order valence-corrected chi connectivity index (χ1v) is 7.99. The van der Waals surface area contributed by atoms with Gasteiger partial charge in [0.2, 0.25) is 0 Å². The summed E-state index contributed by atoms with van der Waals surface area (Å²) in [6.07, 6.45) is 2.66. The van der Waals surface area contributed by atoms with Gasteiger partial charge in [-0.15, -0.1) is 0 Å². The minimum atomic E-state index is -10.7. The van der Waals surface area contributed by atoms with Crippen LogP contribution in [0.15, 0.2) is 0 Å². The fourth-order valence-electron chi connectivity index (χ4n) is 1.17. The van der Waals surface area contributed by atoms with Crippen LogP contribution < -0.4 is 0 Å². The molecule has 0 N–H and O–H groups in total. The third-order valence-electron chi connectivity index (χ3n) is 2.27. The van der Waals surface area contributed by atoms with Crippen LogP contribution in [0.3, 0.4) is 0 Å². The van der Waals surface area contributed by atoms with Crippen LogP contribution in [0.5, 0.6) is 0 Å². The SMILES string of the molecule is CCCC[N+](C)(C)CCN(C)C.F[P-](F)(F)(F)(F)F. The molecule has 2 nitrogen and oxygen atoms in total. The first-order valence-electron chi connectivity index (χ1n) is 5.96. The quantitative estimate of drug-likeness (QED) is 0.386. The van der Waals surface area contributed by atoms with E-state index < -0.39 is 7.81 Å². The van der Waals surface area contributed by atoms with Crippen LogP contribution >= 0.6 is 7.81 Å². The topological polar surface area (TPSA) is 3.24 Å². The summed E-state index contributed by atoms with van der Waals surface area (Å²) in [5.74, 6) is 0. The Morgan fingerprint density at radius 2 is 1.26 bits per heavy atom. The Balaban J connectivity index is 0. The van der Waals surface area contributed by atoms with Crippen molar-refractivity contribution in [2.24, 2.45) is 0 Å². The fraction of sp³-hybridized carbons (Fsp3) is 1.00. The summed E-state index contributed by atoms with van der Waals surface area (Å²) in [6, 6.07) is 0. The molecule has 0 saturated heterocycles. The van der Waals surface area contributed by atoms with Crippen LogP contribution in [0, 0.1) is 0 Å². The third-order valence-corrected chi connectivity index (χ3v) is 2.27. The molecule has 0 aromatic heterocycles. The molecule has 122 valence electrons. The van der Waals surface area contributed by atoms with E-state index in [1.165, 1.54) is 32.5 Å². The van der Waals surface area contributed by atoms with Crippen molar-refractivity contribution in [2.45, 2.75) is 19.8 Å². The zero-order valence-electron chi connectivity index (χ0n) is 12.1. The van der Waals surface area contributed by atoms with E-state index in [-0.39, 0.29) is 0 Å². The summed E-state index contributed by atoms with van der Waals surface area (Å²) in [7, 11) is -1.74. The van der Waals surface area contributed by atoms with E-state index in [1.54, 1.807) is 0 Å². The predicted molar refractivity (Wildman–Crippen MR) is 68.9 cm³/mol. The Labute approximate surface area is 111 Å². The van der Waals surface area contributed by atoms with Gasteiger partial charge in [0.05, 0.1) is 27.2 Å². The molecule has 0 aromatic rings. The average Bonchev–Trinajstić information content (AvgIpc) is 2.07. The number of likely N-dealkylation sites (N-methyl/N-ethyl adjacent to an activating group) is 2. The van der Waals surface area contributed by atoms with E-state index in [0.717, 1.165) is 4.48 Å². The first-order chi connectivity index (χ1) is 7.93. The number of hydrogen-bond donors (Lipinski definition) is 0. The molecule has 0 spiro atoms. The van der Waals surface area contributed by atoms with Crippen molar-refractivity contribution in [1.82, 2.24) is 4.90 Å². The number of halogens is 6. The van der Waals surface area contributed by atoms with E-state index in [2.05, 4.69) is 40.0 Å². The molecule has 0 aliphatic carbocycles. The second-order valence-electron chi connectivity index (χ2n) is 5.50. The maximum absolute atomic E-state index is 10.7. The van der Waals surface area contributed by atoms with Gasteiger partial charge in [-0.2, -0.15) is 0 Å². The standard InChI is InChI=1S/C10H25N2.F6P/c1-6-7-9-12(4,5)10-8-11(2)3;1-7(2,3,4,5)6/h6-10H2,1-5H3;/q+1;-1. The molecular formula is C10H25F6N2P. The fourth-order valence-corrected chi connectivity index (χ4v) is 1.17. The molecule has 0 atom stereocenters. The molecule has 0 aliphatic rings. The van der Waals surface area contributed by atoms with Crippen LogP contribution in [0.4, 0.5) is 25.2 Å². The molecule has 19 heavy (non-hydrogen) atoms. The number of unbranched alkanes of at least 4 members (excludes halogenated alkanes) is 1. The monoisotopic (exact) mass is 318 g/mol. The van der Waals surface area contributed by atoms with Gasteiger partial charge in [-0.3, -0.25) is 0 Å². The van der Waals surface area contributed by atoms with E-state index in [9.17, 15) is 25.2 Å². The maximum atomic E-state index is 9.87. The molecule has 0 fully saturated rings. The van der Waals surface area contributed by atoms with Crippen LogP contribution in [0.1, 0.15) is 19.8 Å². The van der Waals surface area contributed by atoms with Crippen LogP contribution in [0.2, 0.25) is 0 Å². The molecule has 0 bridgehead atoms. The van der Waals surface area contributed by atoms with Crippen molar-refractivity contribution < 1.29 is 29.7 Å². The molecule has 9 heteroatoms. The van der Waals surface area contributed by atoms with E-state index in [1.807, 2.05) is 0 Å². The van der Waals surface area contributed by atoms with Gasteiger partial charge in [0.15, 0.2) is 0 Å². The van der Waals surface area contributed by atoms with Gasteiger partial charge in [0.25, 0.3) is 0 Å². The van der Waals surface area contributed by atoms with Crippen molar-refractivity contribution >= 4 is 7.81 Å². The zero-order valence-corrected chi connectivity index (χ0v) is 13.0. The molecule has 0 unspecified atom stereocenters. The van der Waals surface area contributed by atoms with Crippen molar-refractivity contribution in [3.05, 3.63) is 0 Å². The van der Waals surface area contributed by atoms with E-state index in [4.69, 9.17) is 0 Å². The van der Waals surface area contributed by atoms with E-state index in [0.29, 0.717) is 0 Å². The van der Waals surface area contributed by atoms with Gasteiger partial charge >= 0.3 is 33.0 Å². The molecule has 0 aliphatic heterocycles. The second kappa shape index (κ2) is 6.14. The van der Waals surface area contributed by atoms with Crippen LogP contribution in [-0.4, -0.2) is 57.2 Å². The summed E-state index contributed by atoms with van der Waals surface area (Å²) in [5.41, 5.74) is 0. The summed E-state index contributed by atoms with van der Waals surface area (Å²) in [5, 5.41) is 0. The summed E-state index contributed by atoms with van der Waals surface area (Å²) < 4.78 is 60.4. The zero-order chi connectivity index (χ0) is 16.0. The summed E-state index contributed by atoms with van der Waals surface area (Å²) >= 11 is 0. The Bertz CT molecular complexity index is 247. The van der Waals surface area contributed by atoms with Gasteiger partial charge in [0, 0.05) is 6.54 Å². The first kappa shape index (κ1) is 21.2. The second-order valence-corrected chi connectivity index (χ2v) is 7.41. The Kier molecular flexibility index (Phi) is 6.86. The van der Waals surface area contributed by atoms with Gasteiger partial charge in [-0.05, 0) is 20.5 Å². The molecule has 0 amide bonds. The van der Waals surface area contributed by atoms with Crippen molar-refractivity contribution in [2.75, 3.05) is 47.8 Å². The van der Waals surface area contributed by atoms with Gasteiger partial charge in [0.1, 0.15) is 0 Å². The molecule has 0 saturated carbocycles. The number of quaternary nitrogens is 1. The molecule has 0 aromatic carbocycles. The van der Waals surface area contributed by atoms with Crippen LogP contribution in [-0.2, 0) is 0 Å². The number of rotatable bonds is 6. The Morgan fingerprint density at radius 3 is 1.53 bits per heavy atom. The van der Waals surface area contributed by atoms with Gasteiger partial charge < -0.3 is 9.38 Å². The van der Waals surface area contributed by atoms with Gasteiger partial charge in [-0.25, -0.2) is 0 Å². The molecular weight excluding hydrogens is 293 g/mol. The summed E-state index contributed by atoms with van der Waals surface area (Å²) in [6.45, 7) is 6.01.